The molecule has 0 atom stereocenters. The summed E-state index contributed by atoms with van der Waals surface area (Å²) in [6.45, 7) is 8.59. The summed E-state index contributed by atoms with van der Waals surface area (Å²) >= 11 is 0. The Labute approximate surface area is 84.3 Å². The summed E-state index contributed by atoms with van der Waals surface area (Å²) in [6.07, 6.45) is 5.08. The summed E-state index contributed by atoms with van der Waals surface area (Å²) in [5.74, 6) is 0. The van der Waals surface area contributed by atoms with Crippen molar-refractivity contribution in [1.82, 2.24) is 0 Å². The van der Waals surface area contributed by atoms with E-state index in [2.05, 4.69) is 27.7 Å². The second-order valence-electron chi connectivity index (χ2n) is 3.20. The first kappa shape index (κ1) is 13.4. The molecule has 0 aliphatic carbocycles. The smallest absolute Gasteiger partial charge is 0.155 e. The molecule has 2 nitrogen and oxygen atoms in total. The van der Waals surface area contributed by atoms with Gasteiger partial charge in [-0.1, -0.05) is 27.7 Å². The van der Waals surface area contributed by atoms with Crippen LogP contribution in [0.5, 0.6) is 0 Å². The third kappa shape index (κ3) is 6.42. The van der Waals surface area contributed by atoms with Crippen LogP contribution >= 0.6 is 9.03 Å². The summed E-state index contributed by atoms with van der Waals surface area (Å²) in [5, 5.41) is 0. The van der Waals surface area contributed by atoms with Crippen LogP contribution in [0.25, 0.3) is 0 Å². The van der Waals surface area contributed by atoms with Gasteiger partial charge in [-0.15, -0.1) is 0 Å². The van der Waals surface area contributed by atoms with Gasteiger partial charge in [0.2, 0.25) is 0 Å². The lowest BCUT2D eigenvalue weighted by Crippen LogP contribution is -2.08. The van der Waals surface area contributed by atoms with Crippen LogP contribution in [0.1, 0.15) is 53.4 Å². The number of hydrogen-bond acceptors (Lipinski definition) is 2. The van der Waals surface area contributed by atoms with Gasteiger partial charge in [0, 0.05) is 0 Å². The Kier molecular flexibility index (Phi) is 9.17. The second kappa shape index (κ2) is 8.93. The predicted octanol–water partition coefficient (Wildman–Crippen LogP) is 3.91. The molecule has 0 aliphatic heterocycles. The van der Waals surface area contributed by atoms with Gasteiger partial charge < -0.3 is 9.05 Å². The zero-order valence-corrected chi connectivity index (χ0v) is 10.3. The van der Waals surface area contributed by atoms with Gasteiger partial charge in [-0.3, -0.25) is 0 Å². The summed E-state index contributed by atoms with van der Waals surface area (Å²) in [7, 11) is 0.220. The Bertz CT molecular complexity index is 89.1. The molecular formula is C10H23O2P. The monoisotopic (exact) mass is 206 g/mol. The zero-order valence-electron chi connectivity index (χ0n) is 9.30. The Balaban J connectivity index is 3.41. The van der Waals surface area contributed by atoms with Crippen molar-refractivity contribution in [3.8, 4) is 0 Å². The van der Waals surface area contributed by atoms with Gasteiger partial charge in [-0.05, 0) is 25.7 Å². The topological polar surface area (TPSA) is 18.5 Å². The van der Waals surface area contributed by atoms with E-state index in [9.17, 15) is 0 Å². The van der Waals surface area contributed by atoms with Crippen LogP contribution < -0.4 is 0 Å². The molecule has 0 radical (unpaired) electrons. The maximum absolute atomic E-state index is 5.58. The van der Waals surface area contributed by atoms with E-state index in [0.29, 0.717) is 12.2 Å². The van der Waals surface area contributed by atoms with E-state index in [1.807, 2.05) is 0 Å². The molecule has 0 unspecified atom stereocenters. The number of hydrogen-bond donors (Lipinski definition) is 0. The quantitative estimate of drug-likeness (QED) is 0.561. The van der Waals surface area contributed by atoms with Crippen LogP contribution in [-0.2, 0) is 9.05 Å². The molecule has 0 aromatic rings. The van der Waals surface area contributed by atoms with E-state index < -0.39 is 0 Å². The van der Waals surface area contributed by atoms with Gasteiger partial charge in [0.15, 0.2) is 9.03 Å². The fourth-order valence-corrected chi connectivity index (χ4v) is 2.07. The van der Waals surface area contributed by atoms with Crippen LogP contribution in [0, 0.1) is 0 Å². The van der Waals surface area contributed by atoms with Gasteiger partial charge in [-0.25, -0.2) is 0 Å². The highest BCUT2D eigenvalue weighted by molar-refractivity contribution is 7.26. The average Bonchev–Trinajstić information content (AvgIpc) is 2.19. The Morgan fingerprint density at radius 1 is 0.769 bits per heavy atom. The Morgan fingerprint density at radius 3 is 1.31 bits per heavy atom. The molecule has 0 amide bonds. The van der Waals surface area contributed by atoms with Crippen LogP contribution in [0.2, 0.25) is 0 Å². The summed E-state index contributed by atoms with van der Waals surface area (Å²) in [5.41, 5.74) is 0. The third-order valence-corrected chi connectivity index (χ3v) is 3.11. The molecule has 0 bridgehead atoms. The molecule has 0 aromatic carbocycles. The maximum Gasteiger partial charge on any atom is 0.155 e. The van der Waals surface area contributed by atoms with Crippen molar-refractivity contribution in [2.24, 2.45) is 0 Å². The minimum atomic E-state index is 0.220. The fraction of sp³-hybridized carbons (Fsp3) is 1.00. The predicted molar refractivity (Wildman–Crippen MR) is 59.2 cm³/mol. The lowest BCUT2D eigenvalue weighted by molar-refractivity contribution is 0.146. The van der Waals surface area contributed by atoms with Crippen molar-refractivity contribution in [1.29, 1.82) is 0 Å². The molecule has 0 spiro atoms. The first-order valence-corrected chi connectivity index (χ1v) is 6.16. The first-order valence-electron chi connectivity index (χ1n) is 5.34. The highest BCUT2D eigenvalue weighted by atomic mass is 31.1. The van der Waals surface area contributed by atoms with Crippen molar-refractivity contribution in [2.75, 3.05) is 0 Å². The first-order chi connectivity index (χ1) is 6.28. The zero-order chi connectivity index (χ0) is 10.1. The molecule has 0 heterocycles. The molecule has 0 saturated carbocycles. The van der Waals surface area contributed by atoms with Crippen molar-refractivity contribution in [3.05, 3.63) is 0 Å². The molecule has 0 fully saturated rings. The van der Waals surface area contributed by atoms with Gasteiger partial charge in [-0.2, -0.15) is 0 Å². The Morgan fingerprint density at radius 2 is 1.08 bits per heavy atom. The van der Waals surface area contributed by atoms with E-state index >= 15 is 0 Å². The highest BCUT2D eigenvalue weighted by Gasteiger charge is 2.06. The van der Waals surface area contributed by atoms with Crippen LogP contribution in [0.15, 0.2) is 0 Å². The maximum atomic E-state index is 5.58. The van der Waals surface area contributed by atoms with E-state index in [1.165, 1.54) is 0 Å². The molecule has 0 aliphatic rings. The van der Waals surface area contributed by atoms with E-state index in [0.717, 1.165) is 25.7 Å². The van der Waals surface area contributed by atoms with Gasteiger partial charge in [0.1, 0.15) is 0 Å². The third-order valence-electron chi connectivity index (χ3n) is 2.25. The lowest BCUT2D eigenvalue weighted by Gasteiger charge is -2.17. The minimum absolute atomic E-state index is 0.220. The van der Waals surface area contributed by atoms with Gasteiger partial charge in [0.05, 0.1) is 12.2 Å². The summed E-state index contributed by atoms with van der Waals surface area (Å²) in [6, 6.07) is 0. The molecule has 80 valence electrons. The van der Waals surface area contributed by atoms with Crippen molar-refractivity contribution >= 4 is 9.03 Å². The summed E-state index contributed by atoms with van der Waals surface area (Å²) < 4.78 is 11.2. The molecule has 0 aromatic heterocycles. The minimum Gasteiger partial charge on any atom is -0.333 e. The van der Waals surface area contributed by atoms with Crippen molar-refractivity contribution < 1.29 is 9.05 Å². The summed E-state index contributed by atoms with van der Waals surface area (Å²) in [4.78, 5) is 0. The fourth-order valence-electron chi connectivity index (χ4n) is 1.07. The lowest BCUT2D eigenvalue weighted by atomic mass is 10.2. The normalized spacial score (nSPS) is 11.5. The van der Waals surface area contributed by atoms with E-state index in [1.54, 1.807) is 0 Å². The molecule has 0 N–H and O–H groups in total. The Hall–Kier alpha value is 0.350. The van der Waals surface area contributed by atoms with Crippen molar-refractivity contribution in [3.63, 3.8) is 0 Å². The van der Waals surface area contributed by atoms with Crippen molar-refractivity contribution in [2.45, 2.75) is 65.6 Å². The van der Waals surface area contributed by atoms with Gasteiger partial charge in [0.25, 0.3) is 0 Å². The molecule has 0 saturated heterocycles. The van der Waals surface area contributed by atoms with E-state index in [4.69, 9.17) is 9.05 Å². The van der Waals surface area contributed by atoms with Crippen LogP contribution in [0.4, 0.5) is 0 Å². The molecule has 0 rings (SSSR count). The van der Waals surface area contributed by atoms with Gasteiger partial charge >= 0.3 is 0 Å². The van der Waals surface area contributed by atoms with Crippen LogP contribution in [-0.4, -0.2) is 12.2 Å². The number of rotatable bonds is 8. The largest absolute Gasteiger partial charge is 0.333 e. The SMILES string of the molecule is CCC(CC)OPOC(CC)CC. The van der Waals surface area contributed by atoms with Crippen LogP contribution in [0.3, 0.4) is 0 Å². The standard InChI is InChI=1S/C10H23O2P/c1-5-9(6-2)11-13-12-10(7-3)8-4/h9-10,13H,5-8H2,1-4H3. The molecule has 13 heavy (non-hydrogen) atoms. The molecule has 3 heteroatoms. The highest BCUT2D eigenvalue weighted by Crippen LogP contribution is 2.24. The average molecular weight is 206 g/mol. The molecular weight excluding hydrogens is 183 g/mol. The second-order valence-corrected chi connectivity index (χ2v) is 3.83. The van der Waals surface area contributed by atoms with E-state index in [-0.39, 0.29) is 9.03 Å².